The maximum Gasteiger partial charge on any atom is 0.416 e. The number of benzene rings is 3. The van der Waals surface area contributed by atoms with Crippen molar-refractivity contribution in [1.29, 1.82) is 0 Å². The van der Waals surface area contributed by atoms with Crippen LogP contribution in [0, 0.1) is 5.82 Å². The topological polar surface area (TPSA) is 35.0 Å². The van der Waals surface area contributed by atoms with Gasteiger partial charge in [-0.05, 0) is 47.6 Å². The van der Waals surface area contributed by atoms with Crippen molar-refractivity contribution in [3.8, 4) is 11.4 Å². The highest BCUT2D eigenvalue weighted by Crippen LogP contribution is 2.30. The molecule has 0 atom stereocenters. The van der Waals surface area contributed by atoms with Crippen LogP contribution in [0.5, 0.6) is 0 Å². The summed E-state index contributed by atoms with van der Waals surface area (Å²) in [6.45, 7) is 0.429. The summed E-state index contributed by atoms with van der Waals surface area (Å²) in [6, 6.07) is 13.8. The number of aromatic nitrogens is 2. The highest BCUT2D eigenvalue weighted by molar-refractivity contribution is 5.87. The Hall–Kier alpha value is -3.32. The fourth-order valence-corrected chi connectivity index (χ4v) is 3.55. The van der Waals surface area contributed by atoms with Crippen molar-refractivity contribution in [2.75, 3.05) is 7.11 Å². The fraction of sp³-hybridized carbons (Fsp3) is 0.200. The zero-order valence-electron chi connectivity index (χ0n) is 17.3. The number of hydrogen-bond donors (Lipinski definition) is 0. The average molecular weight is 440 g/mol. The molecule has 0 radical (unpaired) electrons. The van der Waals surface area contributed by atoms with Gasteiger partial charge in [0.1, 0.15) is 5.82 Å². The van der Waals surface area contributed by atoms with Crippen LogP contribution in [-0.4, -0.2) is 17.1 Å². The van der Waals surface area contributed by atoms with Gasteiger partial charge in [0.25, 0.3) is 0 Å². The van der Waals surface area contributed by atoms with E-state index in [1.54, 1.807) is 37.7 Å². The highest BCUT2D eigenvalue weighted by atomic mass is 19.4. The quantitative estimate of drug-likeness (QED) is 0.326. The summed E-state index contributed by atoms with van der Waals surface area (Å²) in [6.07, 6.45) is -0.139. The number of nitrogens with zero attached hydrogens (tertiary/aromatic N) is 2. The van der Waals surface area contributed by atoms with Gasteiger partial charge in [-0.1, -0.05) is 36.4 Å². The minimum atomic E-state index is -4.36. The molecule has 4 aromatic rings. The molecule has 164 valence electrons. The molecule has 32 heavy (non-hydrogen) atoms. The van der Waals surface area contributed by atoms with Crippen molar-refractivity contribution in [2.45, 2.75) is 25.6 Å². The molecule has 0 N–H and O–H groups in total. The molecule has 0 spiro atoms. The minimum Gasteiger partial charge on any atom is -0.380 e. The van der Waals surface area contributed by atoms with Crippen molar-refractivity contribution < 1.29 is 22.3 Å². The Morgan fingerprint density at radius 1 is 0.844 bits per heavy atom. The van der Waals surface area contributed by atoms with E-state index in [0.717, 1.165) is 34.2 Å². The molecule has 0 bridgehead atoms. The SMILES string of the molecule is COCc1cnc(-c2ccc3c(F)c(CCc4ccc(C(F)(F)F)cc4)ccc3c2)nc1. The molecule has 0 aliphatic carbocycles. The van der Waals surface area contributed by atoms with Gasteiger partial charge in [-0.2, -0.15) is 13.2 Å². The molecule has 0 saturated carbocycles. The van der Waals surface area contributed by atoms with Crippen LogP contribution in [0.15, 0.2) is 67.0 Å². The maximum atomic E-state index is 15.1. The standard InChI is InChI=1S/C25H20F4N2O/c1-32-15-17-13-30-24(31-14-17)20-8-11-22-19(12-20)7-6-18(23(22)26)5-2-16-3-9-21(10-4-16)25(27,28)29/h3-4,6-14H,2,5,15H2,1H3. The molecule has 0 unspecified atom stereocenters. The van der Waals surface area contributed by atoms with Gasteiger partial charge in [-0.15, -0.1) is 0 Å². The van der Waals surface area contributed by atoms with Crippen molar-refractivity contribution in [3.63, 3.8) is 0 Å². The normalized spacial score (nSPS) is 11.8. The predicted molar refractivity (Wildman–Crippen MR) is 114 cm³/mol. The van der Waals surface area contributed by atoms with Crippen LogP contribution < -0.4 is 0 Å². The summed E-state index contributed by atoms with van der Waals surface area (Å²) in [5, 5.41) is 1.21. The second-order valence-electron chi connectivity index (χ2n) is 7.52. The second-order valence-corrected chi connectivity index (χ2v) is 7.52. The number of ether oxygens (including phenoxy) is 1. The molecule has 0 amide bonds. The first-order valence-corrected chi connectivity index (χ1v) is 10.0. The van der Waals surface area contributed by atoms with Gasteiger partial charge < -0.3 is 4.74 Å². The smallest absolute Gasteiger partial charge is 0.380 e. The number of halogens is 4. The van der Waals surface area contributed by atoms with E-state index in [9.17, 15) is 13.2 Å². The van der Waals surface area contributed by atoms with Crippen LogP contribution in [0.1, 0.15) is 22.3 Å². The van der Waals surface area contributed by atoms with Gasteiger partial charge in [0, 0.05) is 36.0 Å². The Morgan fingerprint density at radius 3 is 2.22 bits per heavy atom. The third-order valence-corrected chi connectivity index (χ3v) is 5.27. The predicted octanol–water partition coefficient (Wildman–Crippen LogP) is 6.39. The summed E-state index contributed by atoms with van der Waals surface area (Å²) >= 11 is 0. The molecular weight excluding hydrogens is 420 g/mol. The number of hydrogen-bond acceptors (Lipinski definition) is 3. The van der Waals surface area contributed by atoms with E-state index in [1.165, 1.54) is 12.1 Å². The Bertz CT molecular complexity index is 1220. The Labute approximate surface area is 182 Å². The number of aryl methyl sites for hydroxylation is 2. The van der Waals surface area contributed by atoms with Gasteiger partial charge in [-0.25, -0.2) is 14.4 Å². The van der Waals surface area contributed by atoms with Crippen LogP contribution in [-0.2, 0) is 30.4 Å². The van der Waals surface area contributed by atoms with Crippen LogP contribution >= 0.6 is 0 Å². The van der Waals surface area contributed by atoms with E-state index in [2.05, 4.69) is 9.97 Å². The van der Waals surface area contributed by atoms with Crippen molar-refractivity contribution in [1.82, 2.24) is 9.97 Å². The second kappa shape index (κ2) is 9.04. The van der Waals surface area contributed by atoms with Gasteiger partial charge in [0.05, 0.1) is 12.2 Å². The molecule has 3 nitrogen and oxygen atoms in total. The van der Waals surface area contributed by atoms with E-state index in [0.29, 0.717) is 36.2 Å². The lowest BCUT2D eigenvalue weighted by Gasteiger charge is -2.10. The van der Waals surface area contributed by atoms with Crippen molar-refractivity contribution in [2.24, 2.45) is 0 Å². The zero-order valence-corrected chi connectivity index (χ0v) is 17.3. The fourth-order valence-electron chi connectivity index (χ4n) is 3.55. The summed E-state index contributed by atoms with van der Waals surface area (Å²) in [5.41, 5.74) is 2.19. The third-order valence-electron chi connectivity index (χ3n) is 5.27. The molecule has 3 aromatic carbocycles. The van der Waals surface area contributed by atoms with Crippen molar-refractivity contribution >= 4 is 10.8 Å². The molecule has 0 fully saturated rings. The van der Waals surface area contributed by atoms with Gasteiger partial charge in [-0.3, -0.25) is 0 Å². The largest absolute Gasteiger partial charge is 0.416 e. The Kier molecular flexibility index (Phi) is 6.19. The van der Waals surface area contributed by atoms with E-state index < -0.39 is 11.7 Å². The van der Waals surface area contributed by atoms with Gasteiger partial charge in [0.15, 0.2) is 5.82 Å². The summed E-state index contributed by atoms with van der Waals surface area (Å²) < 4.78 is 58.2. The molecule has 1 heterocycles. The van der Waals surface area contributed by atoms with Crippen LogP contribution in [0.4, 0.5) is 17.6 Å². The number of rotatable bonds is 6. The third kappa shape index (κ3) is 4.78. The Morgan fingerprint density at radius 2 is 1.56 bits per heavy atom. The monoisotopic (exact) mass is 440 g/mol. The minimum absolute atomic E-state index is 0.322. The lowest BCUT2D eigenvalue weighted by Crippen LogP contribution is -2.04. The summed E-state index contributed by atoms with van der Waals surface area (Å²) in [4.78, 5) is 8.69. The first-order chi connectivity index (χ1) is 15.3. The molecule has 0 saturated heterocycles. The molecular formula is C25H20F4N2O. The van der Waals surface area contributed by atoms with Gasteiger partial charge >= 0.3 is 6.18 Å². The zero-order chi connectivity index (χ0) is 22.7. The number of fused-ring (bicyclic) bond motifs is 1. The van der Waals surface area contributed by atoms with Crippen molar-refractivity contribution in [3.05, 3.63) is 95.1 Å². The van der Waals surface area contributed by atoms with Crippen LogP contribution in [0.2, 0.25) is 0 Å². The van der Waals surface area contributed by atoms with E-state index in [4.69, 9.17) is 4.74 Å². The van der Waals surface area contributed by atoms with E-state index in [1.807, 2.05) is 12.1 Å². The molecule has 1 aromatic heterocycles. The number of alkyl halides is 3. The number of methoxy groups -OCH3 is 1. The molecule has 4 rings (SSSR count). The molecule has 0 aliphatic rings. The van der Waals surface area contributed by atoms with Crippen LogP contribution in [0.25, 0.3) is 22.2 Å². The Balaban J connectivity index is 1.52. The average Bonchev–Trinajstić information content (AvgIpc) is 2.79. The summed E-state index contributed by atoms with van der Waals surface area (Å²) in [7, 11) is 1.60. The maximum absolute atomic E-state index is 15.1. The summed E-state index contributed by atoms with van der Waals surface area (Å²) in [5.74, 6) is 0.218. The molecule has 7 heteroatoms. The lowest BCUT2D eigenvalue weighted by atomic mass is 9.98. The molecule has 0 aliphatic heterocycles. The van der Waals surface area contributed by atoms with E-state index in [-0.39, 0.29) is 5.82 Å². The first kappa shape index (κ1) is 21.9. The van der Waals surface area contributed by atoms with Crippen LogP contribution in [0.3, 0.4) is 0 Å². The van der Waals surface area contributed by atoms with E-state index >= 15 is 4.39 Å². The first-order valence-electron chi connectivity index (χ1n) is 10.0. The highest BCUT2D eigenvalue weighted by Gasteiger charge is 2.29. The van der Waals surface area contributed by atoms with Gasteiger partial charge in [0.2, 0.25) is 0 Å². The lowest BCUT2D eigenvalue weighted by molar-refractivity contribution is -0.137.